The van der Waals surface area contributed by atoms with Gasteiger partial charge in [-0.15, -0.1) is 11.3 Å². The van der Waals surface area contributed by atoms with Crippen molar-refractivity contribution in [3.05, 3.63) is 46.7 Å². The van der Waals surface area contributed by atoms with E-state index in [-0.39, 0.29) is 5.82 Å². The lowest BCUT2D eigenvalue weighted by Gasteiger charge is -2.15. The van der Waals surface area contributed by atoms with Gasteiger partial charge in [0.1, 0.15) is 11.2 Å². The van der Waals surface area contributed by atoms with Gasteiger partial charge in [-0.25, -0.2) is 9.37 Å². The average Bonchev–Trinajstić information content (AvgIpc) is 2.87. The van der Waals surface area contributed by atoms with Crippen LogP contribution in [0.25, 0.3) is 0 Å². The summed E-state index contributed by atoms with van der Waals surface area (Å²) in [6.07, 6.45) is 0. The molecule has 0 atom stereocenters. The fourth-order valence-electron chi connectivity index (χ4n) is 1.56. The first-order chi connectivity index (χ1) is 9.41. The number of hydrogen-bond acceptors (Lipinski definition) is 4. The summed E-state index contributed by atoms with van der Waals surface area (Å²) < 4.78 is 13.5. The van der Waals surface area contributed by atoms with Gasteiger partial charge >= 0.3 is 5.97 Å². The highest BCUT2D eigenvalue weighted by atomic mass is 32.1. The molecule has 20 heavy (non-hydrogen) atoms. The molecular formula is C14H15FN2O2S. The van der Waals surface area contributed by atoms with E-state index in [9.17, 15) is 9.18 Å². The van der Waals surface area contributed by atoms with E-state index in [1.807, 2.05) is 0 Å². The summed E-state index contributed by atoms with van der Waals surface area (Å²) >= 11 is 1.31. The van der Waals surface area contributed by atoms with E-state index in [0.29, 0.717) is 22.9 Å². The molecule has 0 aliphatic heterocycles. The molecule has 0 bridgehead atoms. The predicted molar refractivity (Wildman–Crippen MR) is 76.5 cm³/mol. The van der Waals surface area contributed by atoms with Gasteiger partial charge in [0.25, 0.3) is 0 Å². The second-order valence-corrected chi connectivity index (χ2v) is 5.77. The smallest absolute Gasteiger partial charge is 0.315 e. The minimum atomic E-state index is -1.03. The number of nitrogens with one attached hydrogen (secondary N) is 1. The third-order valence-corrected chi connectivity index (χ3v) is 3.87. The summed E-state index contributed by atoms with van der Waals surface area (Å²) in [6, 6.07) is 6.49. The van der Waals surface area contributed by atoms with Gasteiger partial charge < -0.3 is 10.4 Å². The molecular weight excluding hydrogens is 279 g/mol. The third kappa shape index (κ3) is 2.96. The largest absolute Gasteiger partial charge is 0.481 e. The molecule has 1 heterocycles. The standard InChI is InChI=1S/C14H15FN2O2S/c1-14(2,12(18)19)11-8-20-13(17-11)16-7-9-5-3-4-6-10(9)15/h3-6,8H,7H2,1-2H3,(H,16,17)(H,18,19). The van der Waals surface area contributed by atoms with E-state index in [1.165, 1.54) is 17.4 Å². The van der Waals surface area contributed by atoms with Crippen molar-refractivity contribution in [1.29, 1.82) is 0 Å². The molecule has 0 unspecified atom stereocenters. The number of thiazole rings is 1. The number of aromatic nitrogens is 1. The van der Waals surface area contributed by atoms with Crippen molar-refractivity contribution < 1.29 is 14.3 Å². The Morgan fingerprint density at radius 1 is 1.45 bits per heavy atom. The molecule has 2 aromatic rings. The van der Waals surface area contributed by atoms with Gasteiger partial charge in [-0.05, 0) is 19.9 Å². The SMILES string of the molecule is CC(C)(C(=O)O)c1csc(NCc2ccccc2F)n1. The number of carboxylic acid groups (broad SMARTS) is 1. The van der Waals surface area contributed by atoms with Gasteiger partial charge in [-0.2, -0.15) is 0 Å². The summed E-state index contributed by atoms with van der Waals surface area (Å²) in [5.41, 5.74) is 0.00167. The summed E-state index contributed by atoms with van der Waals surface area (Å²) in [5.74, 6) is -1.20. The number of hydrogen-bond donors (Lipinski definition) is 2. The van der Waals surface area contributed by atoms with Crippen molar-refractivity contribution in [2.24, 2.45) is 0 Å². The fourth-order valence-corrected chi connectivity index (χ4v) is 2.44. The number of anilines is 1. The maximum absolute atomic E-state index is 13.5. The van der Waals surface area contributed by atoms with Crippen LogP contribution in [-0.4, -0.2) is 16.1 Å². The Balaban J connectivity index is 2.08. The Hall–Kier alpha value is -1.95. The number of rotatable bonds is 5. The summed E-state index contributed by atoms with van der Waals surface area (Å²) in [6.45, 7) is 3.52. The quantitative estimate of drug-likeness (QED) is 0.888. The van der Waals surface area contributed by atoms with Crippen LogP contribution in [-0.2, 0) is 16.8 Å². The zero-order valence-corrected chi connectivity index (χ0v) is 12.0. The van der Waals surface area contributed by atoms with Gasteiger partial charge in [0.2, 0.25) is 0 Å². The van der Waals surface area contributed by atoms with E-state index in [0.717, 1.165) is 0 Å². The van der Waals surface area contributed by atoms with Gasteiger partial charge in [-0.3, -0.25) is 4.79 Å². The number of nitrogens with zero attached hydrogens (tertiary/aromatic N) is 1. The van der Waals surface area contributed by atoms with Crippen LogP contribution in [0.1, 0.15) is 25.1 Å². The van der Waals surface area contributed by atoms with Gasteiger partial charge in [0.15, 0.2) is 5.13 Å². The van der Waals surface area contributed by atoms with Crippen LogP contribution >= 0.6 is 11.3 Å². The van der Waals surface area contributed by atoms with E-state index >= 15 is 0 Å². The van der Waals surface area contributed by atoms with E-state index in [2.05, 4.69) is 10.3 Å². The lowest BCUT2D eigenvalue weighted by molar-refractivity contribution is -0.142. The molecule has 6 heteroatoms. The molecule has 106 valence electrons. The third-order valence-electron chi connectivity index (χ3n) is 3.07. The van der Waals surface area contributed by atoms with Gasteiger partial charge in [0, 0.05) is 17.5 Å². The van der Waals surface area contributed by atoms with Crippen molar-refractivity contribution in [3.8, 4) is 0 Å². The highest BCUT2D eigenvalue weighted by Gasteiger charge is 2.32. The molecule has 0 amide bonds. The van der Waals surface area contributed by atoms with E-state index in [1.54, 1.807) is 37.4 Å². The van der Waals surface area contributed by atoms with Crippen LogP contribution in [0.2, 0.25) is 0 Å². The molecule has 0 fully saturated rings. The first-order valence-electron chi connectivity index (χ1n) is 6.08. The Kier molecular flexibility index (Phi) is 4.04. The zero-order chi connectivity index (χ0) is 14.8. The maximum Gasteiger partial charge on any atom is 0.315 e. The van der Waals surface area contributed by atoms with E-state index < -0.39 is 11.4 Å². The first kappa shape index (κ1) is 14.5. The van der Waals surface area contributed by atoms with Crippen molar-refractivity contribution in [2.75, 3.05) is 5.32 Å². The molecule has 2 rings (SSSR count). The van der Waals surface area contributed by atoms with E-state index in [4.69, 9.17) is 5.11 Å². The van der Waals surface area contributed by atoms with Crippen molar-refractivity contribution in [3.63, 3.8) is 0 Å². The average molecular weight is 294 g/mol. The van der Waals surface area contributed by atoms with Crippen LogP contribution in [0.4, 0.5) is 9.52 Å². The van der Waals surface area contributed by atoms with Crippen molar-refractivity contribution in [2.45, 2.75) is 25.8 Å². The molecule has 0 radical (unpaired) electrons. The zero-order valence-electron chi connectivity index (χ0n) is 11.2. The van der Waals surface area contributed by atoms with Crippen LogP contribution < -0.4 is 5.32 Å². The van der Waals surface area contributed by atoms with Gasteiger partial charge in [0.05, 0.1) is 5.69 Å². The van der Waals surface area contributed by atoms with Crippen molar-refractivity contribution in [1.82, 2.24) is 4.98 Å². The molecule has 0 saturated heterocycles. The molecule has 0 aliphatic carbocycles. The predicted octanol–water partition coefficient (Wildman–Crippen LogP) is 3.26. The fraction of sp³-hybridized carbons (Fsp3) is 0.286. The van der Waals surface area contributed by atoms with Crippen molar-refractivity contribution >= 4 is 22.4 Å². The Morgan fingerprint density at radius 2 is 2.15 bits per heavy atom. The number of aliphatic carboxylic acids is 1. The minimum absolute atomic E-state index is 0.275. The first-order valence-corrected chi connectivity index (χ1v) is 6.96. The minimum Gasteiger partial charge on any atom is -0.481 e. The lowest BCUT2D eigenvalue weighted by Crippen LogP contribution is -2.28. The number of halogens is 1. The molecule has 4 nitrogen and oxygen atoms in total. The highest BCUT2D eigenvalue weighted by Crippen LogP contribution is 2.27. The van der Waals surface area contributed by atoms with Gasteiger partial charge in [-0.1, -0.05) is 18.2 Å². The Labute approximate surface area is 120 Å². The van der Waals surface area contributed by atoms with Crippen LogP contribution in [0, 0.1) is 5.82 Å². The number of benzene rings is 1. The second kappa shape index (κ2) is 5.58. The van der Waals surface area contributed by atoms with Crippen LogP contribution in [0.3, 0.4) is 0 Å². The second-order valence-electron chi connectivity index (χ2n) is 4.91. The molecule has 1 aromatic carbocycles. The molecule has 2 N–H and O–H groups in total. The molecule has 0 aliphatic rings. The lowest BCUT2D eigenvalue weighted by atomic mass is 9.90. The number of carboxylic acids is 1. The summed E-state index contributed by atoms with van der Waals surface area (Å²) in [7, 11) is 0. The topological polar surface area (TPSA) is 62.2 Å². The molecule has 0 saturated carbocycles. The normalized spacial score (nSPS) is 11.3. The summed E-state index contributed by atoms with van der Waals surface area (Å²) in [5, 5.41) is 14.4. The molecule has 0 spiro atoms. The monoisotopic (exact) mass is 294 g/mol. The summed E-state index contributed by atoms with van der Waals surface area (Å²) in [4.78, 5) is 15.4. The highest BCUT2D eigenvalue weighted by molar-refractivity contribution is 7.13. The number of carbonyl (C=O) groups is 1. The molecule has 1 aromatic heterocycles. The Morgan fingerprint density at radius 3 is 2.80 bits per heavy atom. The Bertz CT molecular complexity index is 625. The van der Waals surface area contributed by atoms with Crippen LogP contribution in [0.5, 0.6) is 0 Å². The maximum atomic E-state index is 13.5. The van der Waals surface area contributed by atoms with Crippen LogP contribution in [0.15, 0.2) is 29.6 Å².